The molecule has 0 saturated heterocycles. The highest BCUT2D eigenvalue weighted by atomic mass is 79.9. The largest absolute Gasteiger partial charge is 0.0602 e. The predicted octanol–water partition coefficient (Wildman–Crippen LogP) is 4.99. The van der Waals surface area contributed by atoms with E-state index in [1.54, 1.807) is 0 Å². The lowest BCUT2D eigenvalue weighted by Crippen LogP contribution is -2.09. The van der Waals surface area contributed by atoms with Crippen LogP contribution >= 0.6 is 15.9 Å². The molecule has 1 aromatic rings. The zero-order valence-corrected chi connectivity index (χ0v) is 11.1. The standard InChI is InChI=1S/C13H19Br/c1-10(9-13(2,3)4)11-5-7-12(14)8-6-11/h5-8,10H,9H2,1-4H3. The maximum atomic E-state index is 3.46. The molecule has 0 radical (unpaired) electrons. The quantitative estimate of drug-likeness (QED) is 0.698. The van der Waals surface area contributed by atoms with E-state index in [2.05, 4.69) is 67.9 Å². The molecule has 1 atom stereocenters. The summed E-state index contributed by atoms with van der Waals surface area (Å²) in [7, 11) is 0. The molecule has 1 unspecified atom stereocenters. The van der Waals surface area contributed by atoms with E-state index in [0.717, 1.165) is 4.47 Å². The van der Waals surface area contributed by atoms with Crippen molar-refractivity contribution in [2.75, 3.05) is 0 Å². The zero-order chi connectivity index (χ0) is 10.8. The van der Waals surface area contributed by atoms with Crippen LogP contribution in [0.25, 0.3) is 0 Å². The average Bonchev–Trinajstić information content (AvgIpc) is 2.02. The van der Waals surface area contributed by atoms with Gasteiger partial charge >= 0.3 is 0 Å². The van der Waals surface area contributed by atoms with Crippen LogP contribution in [0.2, 0.25) is 0 Å². The third-order valence-corrected chi connectivity index (χ3v) is 2.89. The minimum atomic E-state index is 0.409. The Balaban J connectivity index is 2.70. The first-order chi connectivity index (χ1) is 6.38. The van der Waals surface area contributed by atoms with Crippen molar-refractivity contribution in [1.82, 2.24) is 0 Å². The maximum Gasteiger partial charge on any atom is 0.0175 e. The van der Waals surface area contributed by atoms with Crippen LogP contribution in [0, 0.1) is 5.41 Å². The number of benzene rings is 1. The van der Waals surface area contributed by atoms with Crippen LogP contribution in [0.5, 0.6) is 0 Å². The van der Waals surface area contributed by atoms with Crippen LogP contribution in [0.3, 0.4) is 0 Å². The van der Waals surface area contributed by atoms with E-state index in [4.69, 9.17) is 0 Å². The van der Waals surface area contributed by atoms with Gasteiger partial charge in [-0.2, -0.15) is 0 Å². The molecule has 0 bridgehead atoms. The molecule has 1 rings (SSSR count). The van der Waals surface area contributed by atoms with Crippen molar-refractivity contribution in [2.45, 2.75) is 40.0 Å². The Morgan fingerprint density at radius 1 is 1.14 bits per heavy atom. The highest BCUT2D eigenvalue weighted by molar-refractivity contribution is 9.10. The molecule has 0 aliphatic carbocycles. The molecule has 0 N–H and O–H groups in total. The van der Waals surface area contributed by atoms with Gasteiger partial charge in [0, 0.05) is 4.47 Å². The van der Waals surface area contributed by atoms with Crippen LogP contribution in [-0.2, 0) is 0 Å². The number of rotatable bonds is 2. The zero-order valence-electron chi connectivity index (χ0n) is 9.47. The van der Waals surface area contributed by atoms with Gasteiger partial charge in [-0.3, -0.25) is 0 Å². The second kappa shape index (κ2) is 4.48. The van der Waals surface area contributed by atoms with Crippen molar-refractivity contribution in [3.05, 3.63) is 34.3 Å². The summed E-state index contributed by atoms with van der Waals surface area (Å²) in [6, 6.07) is 8.66. The summed E-state index contributed by atoms with van der Waals surface area (Å²) >= 11 is 3.46. The lowest BCUT2D eigenvalue weighted by atomic mass is 9.82. The molecule has 0 fully saturated rings. The lowest BCUT2D eigenvalue weighted by Gasteiger charge is -2.23. The average molecular weight is 255 g/mol. The summed E-state index contributed by atoms with van der Waals surface area (Å²) in [6.45, 7) is 9.18. The molecule has 1 heteroatoms. The molecular weight excluding hydrogens is 236 g/mol. The first-order valence-corrected chi connectivity index (χ1v) is 5.93. The summed E-state index contributed by atoms with van der Waals surface area (Å²) in [6.07, 6.45) is 1.23. The molecule has 0 aliphatic heterocycles. The van der Waals surface area contributed by atoms with E-state index < -0.39 is 0 Å². The van der Waals surface area contributed by atoms with Gasteiger partial charge in [0.1, 0.15) is 0 Å². The Bertz CT molecular complexity index is 279. The van der Waals surface area contributed by atoms with Gasteiger partial charge in [-0.15, -0.1) is 0 Å². The highest BCUT2D eigenvalue weighted by Gasteiger charge is 2.16. The van der Waals surface area contributed by atoms with E-state index >= 15 is 0 Å². The summed E-state index contributed by atoms with van der Waals surface area (Å²) < 4.78 is 1.16. The maximum absolute atomic E-state index is 3.46. The molecule has 0 heterocycles. The van der Waals surface area contributed by atoms with Crippen molar-refractivity contribution >= 4 is 15.9 Å². The van der Waals surface area contributed by atoms with Crippen molar-refractivity contribution in [3.63, 3.8) is 0 Å². The fourth-order valence-electron chi connectivity index (χ4n) is 1.83. The van der Waals surface area contributed by atoms with Crippen molar-refractivity contribution in [3.8, 4) is 0 Å². The van der Waals surface area contributed by atoms with Gasteiger partial charge in [0.15, 0.2) is 0 Å². The Kier molecular flexibility index (Phi) is 3.77. The van der Waals surface area contributed by atoms with Gasteiger partial charge in [0.25, 0.3) is 0 Å². The van der Waals surface area contributed by atoms with Crippen LogP contribution in [0.15, 0.2) is 28.7 Å². The molecule has 0 amide bonds. The van der Waals surface area contributed by atoms with E-state index in [0.29, 0.717) is 11.3 Å². The Morgan fingerprint density at radius 2 is 1.64 bits per heavy atom. The minimum Gasteiger partial charge on any atom is -0.0602 e. The molecule has 1 aromatic carbocycles. The van der Waals surface area contributed by atoms with Crippen LogP contribution in [-0.4, -0.2) is 0 Å². The van der Waals surface area contributed by atoms with Gasteiger partial charge in [-0.25, -0.2) is 0 Å². The van der Waals surface area contributed by atoms with E-state index in [9.17, 15) is 0 Å². The van der Waals surface area contributed by atoms with Crippen LogP contribution in [0.4, 0.5) is 0 Å². The summed E-state index contributed by atoms with van der Waals surface area (Å²) in [5.74, 6) is 0.642. The Labute approximate surface area is 95.9 Å². The topological polar surface area (TPSA) is 0 Å². The monoisotopic (exact) mass is 254 g/mol. The van der Waals surface area contributed by atoms with Crippen molar-refractivity contribution < 1.29 is 0 Å². The molecule has 0 aliphatic rings. The highest BCUT2D eigenvalue weighted by Crippen LogP contribution is 2.31. The molecule has 78 valence electrons. The number of halogens is 1. The van der Waals surface area contributed by atoms with E-state index in [1.807, 2.05) is 0 Å². The first-order valence-electron chi connectivity index (χ1n) is 5.14. The van der Waals surface area contributed by atoms with E-state index in [1.165, 1.54) is 12.0 Å². The predicted molar refractivity (Wildman–Crippen MR) is 66.6 cm³/mol. The lowest BCUT2D eigenvalue weighted by molar-refractivity contribution is 0.349. The molecule has 14 heavy (non-hydrogen) atoms. The van der Waals surface area contributed by atoms with Crippen molar-refractivity contribution in [2.24, 2.45) is 5.41 Å². The van der Waals surface area contributed by atoms with Crippen molar-refractivity contribution in [1.29, 1.82) is 0 Å². The number of hydrogen-bond acceptors (Lipinski definition) is 0. The summed E-state index contributed by atoms with van der Waals surface area (Å²) in [4.78, 5) is 0. The fourth-order valence-corrected chi connectivity index (χ4v) is 2.09. The molecule has 0 saturated carbocycles. The van der Waals surface area contributed by atoms with E-state index in [-0.39, 0.29) is 0 Å². The second-order valence-electron chi connectivity index (χ2n) is 5.22. The molecule has 0 spiro atoms. The molecular formula is C13H19Br. The third kappa shape index (κ3) is 3.83. The molecule has 0 aromatic heterocycles. The smallest absolute Gasteiger partial charge is 0.0175 e. The Morgan fingerprint density at radius 3 is 2.07 bits per heavy atom. The third-order valence-electron chi connectivity index (χ3n) is 2.36. The normalized spacial score (nSPS) is 14.1. The summed E-state index contributed by atoms with van der Waals surface area (Å²) in [5.41, 5.74) is 1.84. The van der Waals surface area contributed by atoms with Gasteiger partial charge in [0.2, 0.25) is 0 Å². The minimum absolute atomic E-state index is 0.409. The SMILES string of the molecule is CC(CC(C)(C)C)c1ccc(Br)cc1. The van der Waals surface area contributed by atoms with Gasteiger partial charge < -0.3 is 0 Å². The first kappa shape index (κ1) is 11.8. The van der Waals surface area contributed by atoms with Gasteiger partial charge in [-0.05, 0) is 35.4 Å². The fraction of sp³-hybridized carbons (Fsp3) is 0.538. The van der Waals surface area contributed by atoms with Gasteiger partial charge in [0.05, 0.1) is 0 Å². The van der Waals surface area contributed by atoms with Crippen LogP contribution in [0.1, 0.15) is 45.6 Å². The van der Waals surface area contributed by atoms with Crippen LogP contribution < -0.4 is 0 Å². The number of hydrogen-bond donors (Lipinski definition) is 0. The second-order valence-corrected chi connectivity index (χ2v) is 6.13. The summed E-state index contributed by atoms with van der Waals surface area (Å²) in [5, 5.41) is 0. The van der Waals surface area contributed by atoms with Gasteiger partial charge in [-0.1, -0.05) is 55.8 Å². The Hall–Kier alpha value is -0.300. The molecule has 0 nitrogen and oxygen atoms in total.